The third-order valence-electron chi connectivity index (χ3n) is 7.60. The molecule has 2 amide bonds. The van der Waals surface area contributed by atoms with Crippen LogP contribution in [0.4, 0.5) is 9.59 Å². The normalized spacial score (nSPS) is 11.0. The number of carbonyl (C=O) groups excluding carboxylic acids is 4. The Labute approximate surface area is 305 Å². The minimum absolute atomic E-state index is 0.150. The number of ether oxygens (including phenoxy) is 4. The first kappa shape index (κ1) is 47.1. The number of likely N-dealkylation sites (N-methyl/N-ethyl adjacent to an activating group) is 1. The zero-order chi connectivity index (χ0) is 36.2. The lowest BCUT2D eigenvalue weighted by Gasteiger charge is -2.22. The van der Waals surface area contributed by atoms with Gasteiger partial charge in [0.25, 0.3) is 0 Å². The van der Waals surface area contributed by atoms with Crippen LogP contribution in [0.25, 0.3) is 0 Å². The van der Waals surface area contributed by atoms with Gasteiger partial charge in [-0.05, 0) is 52.6 Å². The lowest BCUT2D eigenvalue weighted by atomic mass is 10.1. The SMILES string of the molecule is CCCCCCCCC(=O)OCCCCN(CCCCOC(=O)CCCCCCCC)C(=O)OCCSSCCOC(=O)NCCN(C)C. The number of unbranched alkanes of at least 4 members (excludes halogenated alkanes) is 12. The molecule has 1 N–H and O–H groups in total. The van der Waals surface area contributed by atoms with Crippen LogP contribution in [-0.4, -0.2) is 112 Å². The molecule has 0 saturated heterocycles. The first-order valence-corrected chi connectivity index (χ1v) is 21.3. The quantitative estimate of drug-likeness (QED) is 0.0297. The van der Waals surface area contributed by atoms with Crippen LogP contribution in [0.5, 0.6) is 0 Å². The predicted octanol–water partition coefficient (Wildman–Crippen LogP) is 8.24. The van der Waals surface area contributed by atoms with Gasteiger partial charge >= 0.3 is 24.1 Å². The second kappa shape index (κ2) is 35.9. The van der Waals surface area contributed by atoms with Gasteiger partial charge in [-0.2, -0.15) is 0 Å². The van der Waals surface area contributed by atoms with E-state index < -0.39 is 6.09 Å². The average Bonchev–Trinajstić information content (AvgIpc) is 3.07. The number of amides is 2. The summed E-state index contributed by atoms with van der Waals surface area (Å²) in [5.41, 5.74) is 0. The highest BCUT2D eigenvalue weighted by Gasteiger charge is 2.15. The van der Waals surface area contributed by atoms with Gasteiger partial charge in [0.05, 0.1) is 13.2 Å². The van der Waals surface area contributed by atoms with Gasteiger partial charge in [-0.15, -0.1) is 0 Å². The molecule has 0 aromatic rings. The fraction of sp³-hybridized carbons (Fsp3) is 0.889. The Kier molecular flexibility index (Phi) is 34.6. The van der Waals surface area contributed by atoms with E-state index in [0.29, 0.717) is 89.5 Å². The summed E-state index contributed by atoms with van der Waals surface area (Å²) in [4.78, 5) is 52.3. The summed E-state index contributed by atoms with van der Waals surface area (Å²) in [6.07, 6.45) is 16.4. The Balaban J connectivity index is 4.34. The topological polar surface area (TPSA) is 124 Å². The molecule has 13 heteroatoms. The van der Waals surface area contributed by atoms with Gasteiger partial charge in [-0.3, -0.25) is 9.59 Å². The van der Waals surface area contributed by atoms with Crippen molar-refractivity contribution in [2.75, 3.05) is 78.2 Å². The van der Waals surface area contributed by atoms with Crippen molar-refractivity contribution in [3.63, 3.8) is 0 Å². The lowest BCUT2D eigenvalue weighted by Crippen LogP contribution is -2.34. The molecule has 288 valence electrons. The van der Waals surface area contributed by atoms with Crippen LogP contribution in [0.3, 0.4) is 0 Å². The number of nitrogens with one attached hydrogen (secondary N) is 1. The third kappa shape index (κ3) is 34.4. The number of nitrogens with zero attached hydrogens (tertiary/aromatic N) is 2. The van der Waals surface area contributed by atoms with Crippen molar-refractivity contribution in [3.8, 4) is 0 Å². The van der Waals surface area contributed by atoms with E-state index in [1.54, 1.807) is 26.5 Å². The fourth-order valence-corrected chi connectivity index (χ4v) is 6.35. The molecule has 0 aliphatic carbocycles. The molecule has 0 spiro atoms. The summed E-state index contributed by atoms with van der Waals surface area (Å²) in [5.74, 6) is 0.951. The summed E-state index contributed by atoms with van der Waals surface area (Å²) < 4.78 is 21.5. The number of hydrogen-bond acceptors (Lipinski definition) is 11. The van der Waals surface area contributed by atoms with Crippen molar-refractivity contribution >= 4 is 45.7 Å². The van der Waals surface area contributed by atoms with Gasteiger partial charge in [0.1, 0.15) is 13.2 Å². The van der Waals surface area contributed by atoms with Crippen molar-refractivity contribution in [2.45, 2.75) is 129 Å². The summed E-state index contributed by atoms with van der Waals surface area (Å²) in [5, 5.41) is 2.70. The molecule has 0 fully saturated rings. The molecule has 0 saturated carbocycles. The molecule has 49 heavy (non-hydrogen) atoms. The number of esters is 2. The smallest absolute Gasteiger partial charge is 0.409 e. The number of carbonyl (C=O) groups is 4. The van der Waals surface area contributed by atoms with Crippen LogP contribution in [0.1, 0.15) is 129 Å². The predicted molar refractivity (Wildman–Crippen MR) is 202 cm³/mol. The van der Waals surface area contributed by atoms with E-state index in [0.717, 1.165) is 32.2 Å². The summed E-state index contributed by atoms with van der Waals surface area (Å²) >= 11 is 0. The Hall–Kier alpha value is -1.86. The van der Waals surface area contributed by atoms with Crippen molar-refractivity contribution < 1.29 is 38.1 Å². The molecule has 0 radical (unpaired) electrons. The van der Waals surface area contributed by atoms with E-state index in [-0.39, 0.29) is 24.6 Å². The highest BCUT2D eigenvalue weighted by molar-refractivity contribution is 8.76. The van der Waals surface area contributed by atoms with E-state index in [4.69, 9.17) is 18.9 Å². The van der Waals surface area contributed by atoms with Crippen LogP contribution in [-0.2, 0) is 28.5 Å². The first-order valence-electron chi connectivity index (χ1n) is 18.8. The minimum Gasteiger partial charge on any atom is -0.466 e. The highest BCUT2D eigenvalue weighted by Crippen LogP contribution is 2.20. The van der Waals surface area contributed by atoms with Crippen molar-refractivity contribution in [1.82, 2.24) is 15.1 Å². The van der Waals surface area contributed by atoms with E-state index in [2.05, 4.69) is 19.2 Å². The average molecular weight is 736 g/mol. The Morgan fingerprint density at radius 2 is 1.00 bits per heavy atom. The Morgan fingerprint density at radius 1 is 0.531 bits per heavy atom. The van der Waals surface area contributed by atoms with Crippen LogP contribution in [0, 0.1) is 0 Å². The highest BCUT2D eigenvalue weighted by atomic mass is 33.1. The second-order valence-corrected chi connectivity index (χ2v) is 15.2. The zero-order valence-corrected chi connectivity index (χ0v) is 32.9. The fourth-order valence-electron chi connectivity index (χ4n) is 4.69. The summed E-state index contributed by atoms with van der Waals surface area (Å²) in [6.45, 7) is 7.94. The molecule has 0 rings (SSSR count). The molecule has 0 heterocycles. The lowest BCUT2D eigenvalue weighted by molar-refractivity contribution is -0.144. The van der Waals surface area contributed by atoms with Gasteiger partial charge in [-0.1, -0.05) is 99.6 Å². The molecule has 0 aliphatic heterocycles. The summed E-state index contributed by atoms with van der Waals surface area (Å²) in [7, 11) is 7.00. The van der Waals surface area contributed by atoms with Gasteiger partial charge in [0.2, 0.25) is 0 Å². The van der Waals surface area contributed by atoms with Gasteiger partial charge in [0.15, 0.2) is 0 Å². The molecule has 0 atom stereocenters. The maximum Gasteiger partial charge on any atom is 0.409 e. The van der Waals surface area contributed by atoms with Gasteiger partial charge in [0, 0.05) is 50.5 Å². The largest absolute Gasteiger partial charge is 0.466 e. The molecule has 0 bridgehead atoms. The number of hydrogen-bond donors (Lipinski definition) is 1. The van der Waals surface area contributed by atoms with E-state index in [1.807, 2.05) is 19.0 Å². The molecular formula is C36H69N3O8S2. The maximum atomic E-state index is 12.9. The first-order chi connectivity index (χ1) is 23.8. The number of rotatable bonds is 34. The van der Waals surface area contributed by atoms with Gasteiger partial charge in [-0.25, -0.2) is 9.59 Å². The zero-order valence-electron chi connectivity index (χ0n) is 31.3. The van der Waals surface area contributed by atoms with E-state index in [1.165, 1.54) is 51.4 Å². The van der Waals surface area contributed by atoms with E-state index in [9.17, 15) is 19.2 Å². The Morgan fingerprint density at radius 3 is 1.49 bits per heavy atom. The third-order valence-corrected chi connectivity index (χ3v) is 9.93. The minimum atomic E-state index is -0.417. The second-order valence-electron chi connectivity index (χ2n) is 12.5. The van der Waals surface area contributed by atoms with Crippen molar-refractivity contribution in [1.29, 1.82) is 0 Å². The monoisotopic (exact) mass is 735 g/mol. The molecule has 0 aromatic heterocycles. The molecule has 0 aromatic carbocycles. The number of alkyl carbamates (subject to hydrolysis) is 1. The summed E-state index contributed by atoms with van der Waals surface area (Å²) in [6, 6.07) is 0. The van der Waals surface area contributed by atoms with Gasteiger partial charge < -0.3 is 34.1 Å². The van der Waals surface area contributed by atoms with E-state index >= 15 is 0 Å². The molecule has 0 unspecified atom stereocenters. The van der Waals surface area contributed by atoms with Crippen molar-refractivity contribution in [3.05, 3.63) is 0 Å². The van der Waals surface area contributed by atoms with Crippen LogP contribution < -0.4 is 5.32 Å². The molecule has 0 aliphatic rings. The van der Waals surface area contributed by atoms with Crippen molar-refractivity contribution in [2.24, 2.45) is 0 Å². The maximum absolute atomic E-state index is 12.9. The van der Waals surface area contributed by atoms with Crippen LogP contribution in [0.15, 0.2) is 0 Å². The molecule has 11 nitrogen and oxygen atoms in total. The van der Waals surface area contributed by atoms with Crippen LogP contribution in [0.2, 0.25) is 0 Å². The Bertz CT molecular complexity index is 785. The van der Waals surface area contributed by atoms with Crippen LogP contribution >= 0.6 is 21.6 Å². The molecular weight excluding hydrogens is 667 g/mol. The standard InChI is InChI=1S/C36H69N3O8S2/c1-5-7-9-11-13-15-21-33(40)44-27-19-17-24-39(25-18-20-28-45-34(41)22-16-14-12-10-8-6-2)36(43)47-30-32-49-48-31-29-46-35(42)37-23-26-38(3)4/h5-32H2,1-4H3,(H,37,42).